The molecule has 5 heteroatoms. The summed E-state index contributed by atoms with van der Waals surface area (Å²) >= 11 is 2.24. The van der Waals surface area contributed by atoms with E-state index in [1.54, 1.807) is 0 Å². The number of nitrogen functional groups attached to an aromatic ring is 1. The molecular formula is C15H15IN2O2. The molecule has 0 spiro atoms. The molecule has 0 unspecified atom stereocenters. The maximum absolute atomic E-state index is 6.01. The second kappa shape index (κ2) is 5.78. The van der Waals surface area contributed by atoms with E-state index in [1.807, 2.05) is 36.4 Å². The van der Waals surface area contributed by atoms with Crippen LogP contribution in [0.1, 0.15) is 6.42 Å². The lowest BCUT2D eigenvalue weighted by molar-refractivity contribution is 0.297. The van der Waals surface area contributed by atoms with Crippen LogP contribution in [-0.4, -0.2) is 13.2 Å². The number of anilines is 3. The highest BCUT2D eigenvalue weighted by molar-refractivity contribution is 14.1. The van der Waals surface area contributed by atoms with Gasteiger partial charge in [-0.1, -0.05) is 0 Å². The number of benzene rings is 2. The normalized spacial score (nSPS) is 13.7. The van der Waals surface area contributed by atoms with E-state index in [2.05, 4.69) is 27.9 Å². The van der Waals surface area contributed by atoms with Crippen molar-refractivity contribution < 1.29 is 9.47 Å². The number of nitrogens with one attached hydrogen (secondary N) is 1. The van der Waals surface area contributed by atoms with Gasteiger partial charge in [0.1, 0.15) is 0 Å². The van der Waals surface area contributed by atoms with Crippen molar-refractivity contribution in [3.63, 3.8) is 0 Å². The third-order valence-electron chi connectivity index (χ3n) is 3.04. The number of nitrogens with two attached hydrogens (primary N) is 1. The van der Waals surface area contributed by atoms with E-state index in [1.165, 1.54) is 0 Å². The molecule has 0 saturated carbocycles. The van der Waals surface area contributed by atoms with Crippen molar-refractivity contribution in [1.29, 1.82) is 0 Å². The zero-order valence-electron chi connectivity index (χ0n) is 10.9. The summed E-state index contributed by atoms with van der Waals surface area (Å²) < 4.78 is 12.4. The van der Waals surface area contributed by atoms with Gasteiger partial charge in [-0.05, 0) is 52.9 Å². The molecule has 2 aromatic rings. The minimum atomic E-state index is 0.683. The van der Waals surface area contributed by atoms with Gasteiger partial charge in [0.15, 0.2) is 11.5 Å². The fourth-order valence-corrected chi connectivity index (χ4v) is 2.56. The van der Waals surface area contributed by atoms with Crippen molar-refractivity contribution >= 4 is 39.7 Å². The minimum absolute atomic E-state index is 0.683. The molecule has 0 aliphatic carbocycles. The zero-order valence-corrected chi connectivity index (χ0v) is 13.0. The van der Waals surface area contributed by atoms with Crippen molar-refractivity contribution in [3.05, 3.63) is 40.0 Å². The Labute approximate surface area is 131 Å². The lowest BCUT2D eigenvalue weighted by atomic mass is 10.2. The standard InChI is InChI=1S/C15H15IN2O2/c16-10-2-4-13(12(17)8-10)18-11-3-5-14-15(9-11)20-7-1-6-19-14/h2-5,8-9,18H,1,6-7,17H2. The molecule has 3 N–H and O–H groups in total. The summed E-state index contributed by atoms with van der Waals surface area (Å²) in [5.74, 6) is 1.57. The summed E-state index contributed by atoms with van der Waals surface area (Å²) in [4.78, 5) is 0. The fraction of sp³-hybridized carbons (Fsp3) is 0.200. The quantitative estimate of drug-likeness (QED) is 0.613. The smallest absolute Gasteiger partial charge is 0.163 e. The number of hydrogen-bond acceptors (Lipinski definition) is 4. The van der Waals surface area contributed by atoms with Gasteiger partial charge in [-0.2, -0.15) is 0 Å². The number of halogens is 1. The molecule has 2 aromatic carbocycles. The second-order valence-corrected chi connectivity index (χ2v) is 5.81. The van der Waals surface area contributed by atoms with Gasteiger partial charge in [0.05, 0.1) is 24.6 Å². The Morgan fingerprint density at radius 2 is 1.80 bits per heavy atom. The van der Waals surface area contributed by atoms with Gasteiger partial charge < -0.3 is 20.5 Å². The van der Waals surface area contributed by atoms with E-state index in [0.29, 0.717) is 13.2 Å². The lowest BCUT2D eigenvalue weighted by Crippen LogP contribution is -1.98. The van der Waals surface area contributed by atoms with E-state index < -0.39 is 0 Å². The molecule has 1 aliphatic rings. The Morgan fingerprint density at radius 3 is 2.60 bits per heavy atom. The highest BCUT2D eigenvalue weighted by Gasteiger charge is 2.11. The molecule has 1 aliphatic heterocycles. The molecule has 0 radical (unpaired) electrons. The van der Waals surface area contributed by atoms with Crippen LogP contribution < -0.4 is 20.5 Å². The van der Waals surface area contributed by atoms with Gasteiger partial charge in [0.2, 0.25) is 0 Å². The van der Waals surface area contributed by atoms with Crippen molar-refractivity contribution in [2.45, 2.75) is 6.42 Å². The van der Waals surface area contributed by atoms with Gasteiger partial charge in [0.25, 0.3) is 0 Å². The maximum Gasteiger partial charge on any atom is 0.163 e. The molecule has 3 rings (SSSR count). The second-order valence-electron chi connectivity index (χ2n) is 4.57. The van der Waals surface area contributed by atoms with Crippen LogP contribution in [0.5, 0.6) is 11.5 Å². The van der Waals surface area contributed by atoms with Crippen LogP contribution in [0.2, 0.25) is 0 Å². The molecule has 104 valence electrons. The molecule has 0 bridgehead atoms. The fourth-order valence-electron chi connectivity index (χ4n) is 2.04. The third kappa shape index (κ3) is 2.92. The Bertz CT molecular complexity index is 631. The van der Waals surface area contributed by atoms with Gasteiger partial charge in [-0.25, -0.2) is 0 Å². The summed E-state index contributed by atoms with van der Waals surface area (Å²) in [6.45, 7) is 1.38. The lowest BCUT2D eigenvalue weighted by Gasteiger charge is -2.12. The average molecular weight is 382 g/mol. The summed E-state index contributed by atoms with van der Waals surface area (Å²) in [5.41, 5.74) is 8.56. The molecule has 1 heterocycles. The van der Waals surface area contributed by atoms with Crippen molar-refractivity contribution in [3.8, 4) is 11.5 Å². The highest BCUT2D eigenvalue weighted by atomic mass is 127. The van der Waals surface area contributed by atoms with Crippen molar-refractivity contribution in [1.82, 2.24) is 0 Å². The molecule has 0 fully saturated rings. The molecule has 0 aromatic heterocycles. The Balaban J connectivity index is 1.86. The van der Waals surface area contributed by atoms with E-state index in [0.717, 1.165) is 38.6 Å². The van der Waals surface area contributed by atoms with Crippen LogP contribution in [0.25, 0.3) is 0 Å². The molecule has 0 saturated heterocycles. The predicted octanol–water partition coefficient (Wildman–Crippen LogP) is 3.78. The largest absolute Gasteiger partial charge is 0.490 e. The van der Waals surface area contributed by atoms with Crippen molar-refractivity contribution in [2.24, 2.45) is 0 Å². The van der Waals surface area contributed by atoms with E-state index >= 15 is 0 Å². The molecule has 0 atom stereocenters. The van der Waals surface area contributed by atoms with Crippen LogP contribution in [0, 0.1) is 3.57 Å². The number of hydrogen-bond donors (Lipinski definition) is 2. The molecular weight excluding hydrogens is 367 g/mol. The Morgan fingerprint density at radius 1 is 1.00 bits per heavy atom. The summed E-state index contributed by atoms with van der Waals surface area (Å²) in [6.07, 6.45) is 0.904. The SMILES string of the molecule is Nc1cc(I)ccc1Nc1ccc2c(c1)OCCCO2. The van der Waals surface area contributed by atoms with Crippen LogP contribution in [0.3, 0.4) is 0 Å². The van der Waals surface area contributed by atoms with Crippen molar-refractivity contribution in [2.75, 3.05) is 24.3 Å². The van der Waals surface area contributed by atoms with Gasteiger partial charge in [-0.15, -0.1) is 0 Å². The first-order valence-electron chi connectivity index (χ1n) is 6.44. The minimum Gasteiger partial charge on any atom is -0.490 e. The highest BCUT2D eigenvalue weighted by Crippen LogP contribution is 2.34. The van der Waals surface area contributed by atoms with Crippen LogP contribution in [-0.2, 0) is 0 Å². The molecule has 4 nitrogen and oxygen atoms in total. The number of ether oxygens (including phenoxy) is 2. The van der Waals surface area contributed by atoms with Gasteiger partial charge >= 0.3 is 0 Å². The average Bonchev–Trinajstić information content (AvgIpc) is 2.66. The summed E-state index contributed by atoms with van der Waals surface area (Å²) in [5, 5.41) is 3.31. The Kier molecular flexibility index (Phi) is 3.86. The van der Waals surface area contributed by atoms with E-state index in [9.17, 15) is 0 Å². The van der Waals surface area contributed by atoms with Gasteiger partial charge in [0, 0.05) is 21.7 Å². The topological polar surface area (TPSA) is 56.5 Å². The van der Waals surface area contributed by atoms with Crippen LogP contribution >= 0.6 is 22.6 Å². The van der Waals surface area contributed by atoms with E-state index in [-0.39, 0.29) is 0 Å². The number of rotatable bonds is 2. The Hall–Kier alpha value is -1.63. The van der Waals surface area contributed by atoms with Crippen LogP contribution in [0.4, 0.5) is 17.1 Å². The molecule has 0 amide bonds. The number of fused-ring (bicyclic) bond motifs is 1. The van der Waals surface area contributed by atoms with E-state index in [4.69, 9.17) is 15.2 Å². The summed E-state index contributed by atoms with van der Waals surface area (Å²) in [7, 11) is 0. The zero-order chi connectivity index (χ0) is 13.9. The first kappa shape index (κ1) is 13.4. The molecule has 20 heavy (non-hydrogen) atoms. The first-order chi connectivity index (χ1) is 9.72. The first-order valence-corrected chi connectivity index (χ1v) is 7.52. The maximum atomic E-state index is 6.01. The van der Waals surface area contributed by atoms with Gasteiger partial charge in [-0.3, -0.25) is 0 Å². The van der Waals surface area contributed by atoms with Crippen LogP contribution in [0.15, 0.2) is 36.4 Å². The monoisotopic (exact) mass is 382 g/mol. The summed E-state index contributed by atoms with van der Waals surface area (Å²) in [6, 6.07) is 11.8. The third-order valence-corrected chi connectivity index (χ3v) is 3.71. The predicted molar refractivity (Wildman–Crippen MR) is 88.9 cm³/mol.